The van der Waals surface area contributed by atoms with E-state index >= 15 is 0 Å². The fourth-order valence-electron chi connectivity index (χ4n) is 1.85. The average Bonchev–Trinajstić information content (AvgIpc) is 2.81. The second kappa shape index (κ2) is 4.61. The van der Waals surface area contributed by atoms with E-state index in [4.69, 9.17) is 0 Å². The SMILES string of the molecule is CC(C)N1CCCN(C(=O)n2cncn2)C1. The van der Waals surface area contributed by atoms with Crippen LogP contribution in [0.15, 0.2) is 12.7 Å². The predicted octanol–water partition coefficient (Wildman–Crippen LogP) is 0.620. The van der Waals surface area contributed by atoms with Crippen molar-refractivity contribution in [2.24, 2.45) is 0 Å². The number of hydrogen-bond acceptors (Lipinski definition) is 4. The van der Waals surface area contributed by atoms with Gasteiger partial charge in [0.1, 0.15) is 12.7 Å². The smallest absolute Gasteiger partial charge is 0.310 e. The molecule has 1 aliphatic heterocycles. The molecule has 6 heteroatoms. The summed E-state index contributed by atoms with van der Waals surface area (Å²) in [5.41, 5.74) is 0. The summed E-state index contributed by atoms with van der Waals surface area (Å²) >= 11 is 0. The van der Waals surface area contributed by atoms with Gasteiger partial charge in [-0.1, -0.05) is 0 Å². The predicted molar refractivity (Wildman–Crippen MR) is 58.8 cm³/mol. The Balaban J connectivity index is 2.02. The van der Waals surface area contributed by atoms with Crippen molar-refractivity contribution in [2.45, 2.75) is 26.3 Å². The van der Waals surface area contributed by atoms with Gasteiger partial charge in [-0.25, -0.2) is 9.78 Å². The Hall–Kier alpha value is -1.43. The van der Waals surface area contributed by atoms with Gasteiger partial charge in [0.2, 0.25) is 0 Å². The maximum Gasteiger partial charge on any atom is 0.347 e. The van der Waals surface area contributed by atoms with Gasteiger partial charge in [0, 0.05) is 19.1 Å². The maximum absolute atomic E-state index is 12.0. The third kappa shape index (κ3) is 2.21. The number of rotatable bonds is 1. The Morgan fingerprint density at radius 1 is 1.38 bits per heavy atom. The Morgan fingerprint density at radius 3 is 2.81 bits per heavy atom. The summed E-state index contributed by atoms with van der Waals surface area (Å²) in [6, 6.07) is 0.370. The van der Waals surface area contributed by atoms with Gasteiger partial charge in [0.15, 0.2) is 0 Å². The van der Waals surface area contributed by atoms with Crippen LogP contribution >= 0.6 is 0 Å². The average molecular weight is 223 g/mol. The quantitative estimate of drug-likeness (QED) is 0.700. The molecule has 2 rings (SSSR count). The van der Waals surface area contributed by atoms with Crippen LogP contribution in [0, 0.1) is 0 Å². The lowest BCUT2D eigenvalue weighted by Gasteiger charge is -2.37. The van der Waals surface area contributed by atoms with Crippen LogP contribution in [-0.4, -0.2) is 56.4 Å². The van der Waals surface area contributed by atoms with Crippen LogP contribution in [0.2, 0.25) is 0 Å². The van der Waals surface area contributed by atoms with Gasteiger partial charge in [-0.2, -0.15) is 9.78 Å². The number of amides is 1. The Morgan fingerprint density at radius 2 is 2.19 bits per heavy atom. The largest absolute Gasteiger partial charge is 0.347 e. The van der Waals surface area contributed by atoms with E-state index in [0.717, 1.165) is 19.5 Å². The molecule has 1 fully saturated rings. The number of aromatic nitrogens is 3. The number of carbonyl (C=O) groups excluding carboxylic acids is 1. The minimum absolute atomic E-state index is 0.0946. The molecule has 0 unspecified atom stereocenters. The molecule has 0 atom stereocenters. The summed E-state index contributed by atoms with van der Waals surface area (Å²) in [4.78, 5) is 19.9. The molecule has 0 saturated carbocycles. The highest BCUT2D eigenvalue weighted by Gasteiger charge is 2.24. The first-order chi connectivity index (χ1) is 7.68. The van der Waals surface area contributed by atoms with Crippen molar-refractivity contribution >= 4 is 6.03 Å². The highest BCUT2D eigenvalue weighted by molar-refractivity contribution is 5.75. The van der Waals surface area contributed by atoms with Gasteiger partial charge in [0.25, 0.3) is 0 Å². The Labute approximate surface area is 94.9 Å². The van der Waals surface area contributed by atoms with Crippen LogP contribution in [0.3, 0.4) is 0 Å². The van der Waals surface area contributed by atoms with Crippen LogP contribution in [0.1, 0.15) is 20.3 Å². The van der Waals surface area contributed by atoms with Crippen molar-refractivity contribution in [1.82, 2.24) is 24.6 Å². The topological polar surface area (TPSA) is 54.3 Å². The van der Waals surface area contributed by atoms with E-state index in [0.29, 0.717) is 12.7 Å². The number of nitrogens with zero attached hydrogens (tertiary/aromatic N) is 5. The van der Waals surface area contributed by atoms with Crippen molar-refractivity contribution < 1.29 is 4.79 Å². The lowest BCUT2D eigenvalue weighted by molar-refractivity contribution is 0.0814. The monoisotopic (exact) mass is 223 g/mol. The van der Waals surface area contributed by atoms with E-state index < -0.39 is 0 Å². The highest BCUT2D eigenvalue weighted by atomic mass is 16.2. The first kappa shape index (κ1) is 11.1. The van der Waals surface area contributed by atoms with E-state index in [9.17, 15) is 4.79 Å². The molecule has 0 aliphatic carbocycles. The molecule has 0 N–H and O–H groups in total. The first-order valence-electron chi connectivity index (χ1n) is 5.56. The first-order valence-corrected chi connectivity index (χ1v) is 5.56. The van der Waals surface area contributed by atoms with Gasteiger partial charge in [-0.05, 0) is 20.3 Å². The summed E-state index contributed by atoms with van der Waals surface area (Å²) < 4.78 is 1.28. The van der Waals surface area contributed by atoms with Gasteiger partial charge in [0.05, 0.1) is 6.67 Å². The van der Waals surface area contributed by atoms with Gasteiger partial charge >= 0.3 is 6.03 Å². The molecule has 0 bridgehead atoms. The molecule has 88 valence electrons. The zero-order valence-corrected chi connectivity index (χ0v) is 9.70. The van der Waals surface area contributed by atoms with E-state index in [1.165, 1.54) is 17.3 Å². The molecule has 0 aromatic carbocycles. The normalized spacial score (nSPS) is 18.1. The van der Waals surface area contributed by atoms with Crippen LogP contribution < -0.4 is 0 Å². The minimum atomic E-state index is -0.0946. The molecule has 2 heterocycles. The summed E-state index contributed by atoms with van der Waals surface area (Å²) in [5, 5.41) is 3.86. The Kier molecular flexibility index (Phi) is 3.19. The lowest BCUT2D eigenvalue weighted by Crippen LogP contribution is -2.51. The van der Waals surface area contributed by atoms with Crippen LogP contribution in [0.25, 0.3) is 0 Å². The van der Waals surface area contributed by atoms with E-state index in [1.807, 2.05) is 0 Å². The summed E-state index contributed by atoms with van der Waals surface area (Å²) in [5.74, 6) is 0. The fourth-order valence-corrected chi connectivity index (χ4v) is 1.85. The fraction of sp³-hybridized carbons (Fsp3) is 0.700. The van der Waals surface area contributed by atoms with Crippen molar-refractivity contribution in [3.8, 4) is 0 Å². The molecular formula is C10H17N5O. The third-order valence-corrected chi connectivity index (χ3v) is 2.84. The van der Waals surface area contributed by atoms with Crippen molar-refractivity contribution in [3.05, 3.63) is 12.7 Å². The molecule has 1 aliphatic rings. The molecule has 0 radical (unpaired) electrons. The number of carbonyl (C=O) groups is 1. The molecule has 6 nitrogen and oxygen atoms in total. The minimum Gasteiger partial charge on any atom is -0.310 e. The molecule has 1 saturated heterocycles. The van der Waals surface area contributed by atoms with Crippen molar-refractivity contribution in [1.29, 1.82) is 0 Å². The molecule has 1 amide bonds. The summed E-state index contributed by atoms with van der Waals surface area (Å²) in [6.07, 6.45) is 3.83. The molecule has 1 aromatic rings. The van der Waals surface area contributed by atoms with E-state index in [2.05, 4.69) is 28.8 Å². The molecule has 16 heavy (non-hydrogen) atoms. The second-order valence-electron chi connectivity index (χ2n) is 4.29. The van der Waals surface area contributed by atoms with Crippen molar-refractivity contribution in [3.63, 3.8) is 0 Å². The van der Waals surface area contributed by atoms with E-state index in [-0.39, 0.29) is 6.03 Å². The standard InChI is InChI=1S/C10H17N5O/c1-9(2)13-4-3-5-14(8-13)10(16)15-7-11-6-12-15/h6-7,9H,3-5,8H2,1-2H3. The zero-order valence-electron chi connectivity index (χ0n) is 9.70. The van der Waals surface area contributed by atoms with Crippen LogP contribution in [0.4, 0.5) is 4.79 Å². The molecular weight excluding hydrogens is 206 g/mol. The van der Waals surface area contributed by atoms with Gasteiger partial charge in [-0.15, -0.1) is 0 Å². The van der Waals surface area contributed by atoms with Gasteiger partial charge in [-0.3, -0.25) is 4.90 Å². The van der Waals surface area contributed by atoms with E-state index in [1.54, 1.807) is 4.90 Å². The number of hydrogen-bond donors (Lipinski definition) is 0. The zero-order chi connectivity index (χ0) is 11.5. The summed E-state index contributed by atoms with van der Waals surface area (Å²) in [7, 11) is 0. The second-order valence-corrected chi connectivity index (χ2v) is 4.29. The highest BCUT2D eigenvalue weighted by Crippen LogP contribution is 2.10. The van der Waals surface area contributed by atoms with Crippen LogP contribution in [0.5, 0.6) is 0 Å². The maximum atomic E-state index is 12.0. The van der Waals surface area contributed by atoms with Crippen LogP contribution in [-0.2, 0) is 0 Å². The lowest BCUT2D eigenvalue weighted by atomic mass is 10.2. The summed E-state index contributed by atoms with van der Waals surface area (Å²) in [6.45, 7) is 6.81. The Bertz CT molecular complexity index is 348. The third-order valence-electron chi connectivity index (χ3n) is 2.84. The van der Waals surface area contributed by atoms with Crippen molar-refractivity contribution in [2.75, 3.05) is 19.8 Å². The molecule has 0 spiro atoms. The molecule has 1 aromatic heterocycles. The van der Waals surface area contributed by atoms with Gasteiger partial charge < -0.3 is 4.90 Å².